The maximum Gasteiger partial charge on any atom is 0.0597 e. The lowest BCUT2D eigenvalue weighted by Crippen LogP contribution is -2.24. The first-order valence-corrected chi connectivity index (χ1v) is 7.35. The van der Waals surface area contributed by atoms with E-state index < -0.39 is 0 Å². The van der Waals surface area contributed by atoms with Crippen LogP contribution < -0.4 is 11.1 Å². The Kier molecular flexibility index (Phi) is 4.51. The van der Waals surface area contributed by atoms with E-state index in [0.717, 1.165) is 35.5 Å². The number of nitrogens with two attached hydrogens (primary N) is 1. The second-order valence-corrected chi connectivity index (χ2v) is 6.70. The van der Waals surface area contributed by atoms with Crippen LogP contribution in [0.4, 0.5) is 11.4 Å². The quantitative estimate of drug-likeness (QED) is 0.635. The molecule has 1 aromatic rings. The molecule has 3 nitrogen and oxygen atoms in total. The fourth-order valence-electron chi connectivity index (χ4n) is 2.54. The summed E-state index contributed by atoms with van der Waals surface area (Å²) in [6, 6.07) is 7.82. The van der Waals surface area contributed by atoms with Gasteiger partial charge in [0.25, 0.3) is 0 Å². The third-order valence-electron chi connectivity index (χ3n) is 3.44. The van der Waals surface area contributed by atoms with Gasteiger partial charge in [-0.2, -0.15) is 0 Å². The van der Waals surface area contributed by atoms with Crippen LogP contribution in [0.1, 0.15) is 33.6 Å². The minimum atomic E-state index is 0.221. The van der Waals surface area contributed by atoms with E-state index in [0.29, 0.717) is 6.54 Å². The number of allylic oxidation sites excluding steroid dienone is 2. The average Bonchev–Trinajstić information content (AvgIpc) is 2.37. The van der Waals surface area contributed by atoms with Crippen molar-refractivity contribution in [3.63, 3.8) is 0 Å². The standard InChI is InChI=1S/C18H25N3/c1-13(2)12-20-16-9-17(11-18(3,4)10-16)21-15-7-5-14(19)6-8-15/h5-9,21H,1,10-12,19H2,2-4H3. The van der Waals surface area contributed by atoms with Crippen LogP contribution in [0.2, 0.25) is 0 Å². The Bertz CT molecular complexity index is 577. The van der Waals surface area contributed by atoms with Crippen LogP contribution in [-0.4, -0.2) is 12.3 Å². The smallest absolute Gasteiger partial charge is 0.0597 e. The van der Waals surface area contributed by atoms with Gasteiger partial charge in [-0.25, -0.2) is 0 Å². The molecule has 0 atom stereocenters. The second kappa shape index (κ2) is 6.17. The van der Waals surface area contributed by atoms with Gasteiger partial charge in [-0.3, -0.25) is 4.99 Å². The molecule has 2 rings (SSSR count). The second-order valence-electron chi connectivity index (χ2n) is 6.70. The van der Waals surface area contributed by atoms with Crippen molar-refractivity contribution in [2.75, 3.05) is 17.6 Å². The molecule has 0 amide bonds. The van der Waals surface area contributed by atoms with Crippen molar-refractivity contribution in [3.8, 4) is 0 Å². The fourth-order valence-corrected chi connectivity index (χ4v) is 2.54. The highest BCUT2D eigenvalue weighted by Crippen LogP contribution is 2.34. The highest BCUT2D eigenvalue weighted by Gasteiger charge is 2.26. The number of hydrogen-bond donors (Lipinski definition) is 2. The van der Waals surface area contributed by atoms with Crippen LogP contribution in [0.15, 0.2) is 53.2 Å². The van der Waals surface area contributed by atoms with Gasteiger partial charge in [0.1, 0.15) is 0 Å². The van der Waals surface area contributed by atoms with Gasteiger partial charge >= 0.3 is 0 Å². The fraction of sp³-hybridized carbons (Fsp3) is 0.389. The maximum absolute atomic E-state index is 5.72. The van der Waals surface area contributed by atoms with E-state index in [2.05, 4.69) is 36.8 Å². The summed E-state index contributed by atoms with van der Waals surface area (Å²) in [5, 5.41) is 3.48. The van der Waals surface area contributed by atoms with Gasteiger partial charge in [0.15, 0.2) is 0 Å². The monoisotopic (exact) mass is 283 g/mol. The van der Waals surface area contributed by atoms with Crippen LogP contribution >= 0.6 is 0 Å². The molecule has 0 saturated carbocycles. The number of hydrogen-bond acceptors (Lipinski definition) is 3. The summed E-state index contributed by atoms with van der Waals surface area (Å²) >= 11 is 0. The summed E-state index contributed by atoms with van der Waals surface area (Å²) in [5.74, 6) is 0. The molecule has 112 valence electrons. The van der Waals surface area contributed by atoms with E-state index in [1.54, 1.807) is 0 Å². The first kappa shape index (κ1) is 15.4. The van der Waals surface area contributed by atoms with Crippen LogP contribution in [-0.2, 0) is 0 Å². The predicted molar refractivity (Wildman–Crippen MR) is 92.7 cm³/mol. The Morgan fingerprint density at radius 3 is 2.57 bits per heavy atom. The molecule has 0 spiro atoms. The number of benzene rings is 1. The zero-order valence-corrected chi connectivity index (χ0v) is 13.2. The molecule has 21 heavy (non-hydrogen) atoms. The van der Waals surface area contributed by atoms with Gasteiger partial charge in [-0.1, -0.05) is 26.0 Å². The Morgan fingerprint density at radius 1 is 1.29 bits per heavy atom. The van der Waals surface area contributed by atoms with Crippen molar-refractivity contribution in [2.45, 2.75) is 33.6 Å². The van der Waals surface area contributed by atoms with Gasteiger partial charge in [-0.15, -0.1) is 0 Å². The van der Waals surface area contributed by atoms with Crippen molar-refractivity contribution < 1.29 is 0 Å². The molecule has 0 aliphatic heterocycles. The molecule has 0 aromatic heterocycles. The van der Waals surface area contributed by atoms with Crippen molar-refractivity contribution in [1.82, 2.24) is 0 Å². The largest absolute Gasteiger partial charge is 0.399 e. The lowest BCUT2D eigenvalue weighted by atomic mass is 9.78. The number of nitrogens with one attached hydrogen (secondary N) is 1. The van der Waals surface area contributed by atoms with Crippen LogP contribution in [0.5, 0.6) is 0 Å². The topological polar surface area (TPSA) is 50.4 Å². The summed E-state index contributed by atoms with van der Waals surface area (Å²) < 4.78 is 0. The van der Waals surface area contributed by atoms with Crippen LogP contribution in [0.25, 0.3) is 0 Å². The third kappa shape index (κ3) is 4.78. The molecule has 0 heterocycles. The third-order valence-corrected chi connectivity index (χ3v) is 3.44. The predicted octanol–water partition coefficient (Wildman–Crippen LogP) is 4.40. The average molecular weight is 283 g/mol. The van der Waals surface area contributed by atoms with Crippen LogP contribution in [0.3, 0.4) is 0 Å². The van der Waals surface area contributed by atoms with E-state index >= 15 is 0 Å². The van der Waals surface area contributed by atoms with Gasteiger partial charge < -0.3 is 11.1 Å². The molecule has 1 aliphatic rings. The summed E-state index contributed by atoms with van der Waals surface area (Å²) in [7, 11) is 0. The lowest BCUT2D eigenvalue weighted by molar-refractivity contribution is 0.374. The number of aliphatic imine (C=N–C) groups is 1. The zero-order chi connectivity index (χ0) is 15.5. The zero-order valence-electron chi connectivity index (χ0n) is 13.2. The normalized spacial score (nSPS) is 19.2. The number of anilines is 2. The van der Waals surface area contributed by atoms with Crippen molar-refractivity contribution in [3.05, 3.63) is 48.2 Å². The van der Waals surface area contributed by atoms with Crippen LogP contribution in [0, 0.1) is 5.41 Å². The minimum Gasteiger partial charge on any atom is -0.399 e. The first-order chi connectivity index (χ1) is 9.84. The molecule has 0 unspecified atom stereocenters. The first-order valence-electron chi connectivity index (χ1n) is 7.35. The van der Waals surface area contributed by atoms with Crippen molar-refractivity contribution >= 4 is 17.1 Å². The summed E-state index contributed by atoms with van der Waals surface area (Å²) in [6.07, 6.45) is 4.20. The minimum absolute atomic E-state index is 0.221. The lowest BCUT2D eigenvalue weighted by Gasteiger charge is -2.31. The highest BCUT2D eigenvalue weighted by molar-refractivity contribution is 5.97. The number of nitrogen functional groups attached to an aromatic ring is 1. The molecule has 0 fully saturated rings. The summed E-state index contributed by atoms with van der Waals surface area (Å²) in [4.78, 5) is 4.67. The molecule has 0 saturated heterocycles. The number of nitrogens with zero attached hydrogens (tertiary/aromatic N) is 1. The summed E-state index contributed by atoms with van der Waals surface area (Å²) in [5.41, 5.74) is 11.2. The maximum atomic E-state index is 5.72. The van der Waals surface area contributed by atoms with Gasteiger partial charge in [0.05, 0.1) is 6.54 Å². The van der Waals surface area contributed by atoms with Crippen molar-refractivity contribution in [1.29, 1.82) is 0 Å². The van der Waals surface area contributed by atoms with E-state index in [9.17, 15) is 0 Å². The van der Waals surface area contributed by atoms with Crippen molar-refractivity contribution in [2.24, 2.45) is 10.4 Å². The SMILES string of the molecule is C=C(C)CN=C1C=C(Nc2ccc(N)cc2)CC(C)(C)C1. The van der Waals surface area contributed by atoms with Gasteiger partial charge in [-0.05, 0) is 55.5 Å². The van der Waals surface area contributed by atoms with E-state index in [1.165, 1.54) is 5.70 Å². The Balaban J connectivity index is 2.17. The van der Waals surface area contributed by atoms with E-state index in [-0.39, 0.29) is 5.41 Å². The Morgan fingerprint density at radius 2 is 1.95 bits per heavy atom. The van der Waals surface area contributed by atoms with Gasteiger partial charge in [0.2, 0.25) is 0 Å². The molecule has 3 N–H and O–H groups in total. The Labute approximate surface area is 127 Å². The van der Waals surface area contributed by atoms with E-state index in [1.807, 2.05) is 31.2 Å². The molecule has 3 heteroatoms. The number of rotatable bonds is 4. The molecular weight excluding hydrogens is 258 g/mol. The molecule has 1 aromatic carbocycles. The molecule has 0 radical (unpaired) electrons. The van der Waals surface area contributed by atoms with Gasteiger partial charge in [0, 0.05) is 22.8 Å². The van der Waals surface area contributed by atoms with E-state index in [4.69, 9.17) is 5.73 Å². The Hall–Kier alpha value is -2.03. The molecule has 0 bridgehead atoms. The molecular formula is C18H25N3. The molecule has 1 aliphatic carbocycles. The highest BCUT2D eigenvalue weighted by atomic mass is 14.9. The summed E-state index contributed by atoms with van der Waals surface area (Å²) in [6.45, 7) is 11.2.